The number of imidazole rings is 1. The van der Waals surface area contributed by atoms with Gasteiger partial charge in [-0.25, -0.2) is 13.9 Å². The highest BCUT2D eigenvalue weighted by atomic mass is 19.1. The Kier molecular flexibility index (Phi) is 3.83. The lowest BCUT2D eigenvalue weighted by molar-refractivity contribution is 0.102. The molecular weight excluding hydrogens is 371 g/mol. The van der Waals surface area contributed by atoms with Crippen molar-refractivity contribution in [1.29, 1.82) is 0 Å². The average Bonchev–Trinajstić information content (AvgIpc) is 3.30. The Labute approximate surface area is 164 Å². The third-order valence-corrected chi connectivity index (χ3v) is 4.68. The molecule has 2 aromatic carbocycles. The van der Waals surface area contributed by atoms with E-state index in [1.807, 2.05) is 48.0 Å². The standard InChI is InChI=1S/C21H15FN6O/c1-13-9-19-24-21(25-20(29)14-5-4-6-15(22)10-14)26-28(19)11-18(13)27-12-23-16-7-2-3-8-17(16)27/h2-12H,1H3,(H,25,26,29). The zero-order valence-electron chi connectivity index (χ0n) is 15.4. The Morgan fingerprint density at radius 1 is 1.10 bits per heavy atom. The van der Waals surface area contributed by atoms with Crippen molar-refractivity contribution in [1.82, 2.24) is 24.1 Å². The molecule has 0 aliphatic heterocycles. The summed E-state index contributed by atoms with van der Waals surface area (Å²) >= 11 is 0. The summed E-state index contributed by atoms with van der Waals surface area (Å²) < 4.78 is 16.9. The van der Waals surface area contributed by atoms with Gasteiger partial charge in [0.05, 0.1) is 22.9 Å². The normalized spacial score (nSPS) is 11.2. The van der Waals surface area contributed by atoms with E-state index in [-0.39, 0.29) is 11.5 Å². The Morgan fingerprint density at radius 2 is 1.97 bits per heavy atom. The van der Waals surface area contributed by atoms with Crippen LogP contribution in [0.1, 0.15) is 15.9 Å². The second kappa shape index (κ2) is 6.52. The van der Waals surface area contributed by atoms with E-state index in [0.717, 1.165) is 28.4 Å². The van der Waals surface area contributed by atoms with Gasteiger partial charge in [-0.15, -0.1) is 5.10 Å². The fraction of sp³-hybridized carbons (Fsp3) is 0.0476. The van der Waals surface area contributed by atoms with Crippen LogP contribution >= 0.6 is 0 Å². The second-order valence-electron chi connectivity index (χ2n) is 6.65. The summed E-state index contributed by atoms with van der Waals surface area (Å²) in [4.78, 5) is 21.1. The molecule has 0 unspecified atom stereocenters. The van der Waals surface area contributed by atoms with Crippen molar-refractivity contribution in [2.75, 3.05) is 5.32 Å². The largest absolute Gasteiger partial charge is 0.297 e. The van der Waals surface area contributed by atoms with E-state index in [1.165, 1.54) is 18.2 Å². The van der Waals surface area contributed by atoms with E-state index in [0.29, 0.717) is 5.65 Å². The number of carbonyl (C=O) groups excluding carboxylic acids is 1. The molecule has 7 nitrogen and oxygen atoms in total. The molecule has 142 valence electrons. The molecule has 0 saturated heterocycles. The molecule has 1 amide bonds. The van der Waals surface area contributed by atoms with Gasteiger partial charge in [0.2, 0.25) is 5.95 Å². The number of carbonyl (C=O) groups is 1. The number of nitrogens with one attached hydrogen (secondary N) is 1. The van der Waals surface area contributed by atoms with Crippen LogP contribution in [-0.4, -0.2) is 30.1 Å². The molecule has 0 spiro atoms. The van der Waals surface area contributed by atoms with Crippen LogP contribution < -0.4 is 5.32 Å². The molecule has 0 fully saturated rings. The van der Waals surface area contributed by atoms with Gasteiger partial charge in [-0.3, -0.25) is 14.7 Å². The van der Waals surface area contributed by atoms with Gasteiger partial charge in [-0.2, -0.15) is 4.98 Å². The van der Waals surface area contributed by atoms with Gasteiger partial charge < -0.3 is 0 Å². The SMILES string of the molecule is Cc1cc2nc(NC(=O)c3cccc(F)c3)nn2cc1-n1cnc2ccccc21. The smallest absolute Gasteiger partial charge is 0.258 e. The van der Waals surface area contributed by atoms with Crippen molar-refractivity contribution < 1.29 is 9.18 Å². The first-order chi connectivity index (χ1) is 14.1. The monoisotopic (exact) mass is 386 g/mol. The Morgan fingerprint density at radius 3 is 2.83 bits per heavy atom. The van der Waals surface area contributed by atoms with Gasteiger partial charge in [-0.05, 0) is 48.9 Å². The Balaban J connectivity index is 1.52. The number of amides is 1. The topological polar surface area (TPSA) is 77.1 Å². The molecule has 3 heterocycles. The van der Waals surface area contributed by atoms with Crippen molar-refractivity contribution >= 4 is 28.5 Å². The molecule has 5 aromatic rings. The van der Waals surface area contributed by atoms with E-state index >= 15 is 0 Å². The summed E-state index contributed by atoms with van der Waals surface area (Å²) in [6.07, 6.45) is 3.60. The third kappa shape index (κ3) is 3.00. The first kappa shape index (κ1) is 17.1. The van der Waals surface area contributed by atoms with Crippen LogP contribution in [0.25, 0.3) is 22.4 Å². The van der Waals surface area contributed by atoms with Crippen LogP contribution in [0.2, 0.25) is 0 Å². The lowest BCUT2D eigenvalue weighted by atomic mass is 10.2. The van der Waals surface area contributed by atoms with Crippen LogP contribution in [0.5, 0.6) is 0 Å². The lowest BCUT2D eigenvalue weighted by Gasteiger charge is -2.08. The van der Waals surface area contributed by atoms with Crippen LogP contribution in [0.4, 0.5) is 10.3 Å². The zero-order chi connectivity index (χ0) is 20.0. The fourth-order valence-electron chi connectivity index (χ4n) is 3.27. The summed E-state index contributed by atoms with van der Waals surface area (Å²) in [6, 6.07) is 15.2. The number of aryl methyl sites for hydroxylation is 1. The molecule has 5 rings (SSSR count). The molecule has 0 saturated carbocycles. The number of para-hydroxylation sites is 2. The van der Waals surface area contributed by atoms with E-state index in [1.54, 1.807) is 10.8 Å². The summed E-state index contributed by atoms with van der Waals surface area (Å²) in [5.41, 5.74) is 4.55. The highest BCUT2D eigenvalue weighted by Crippen LogP contribution is 2.22. The Hall–Kier alpha value is -4.07. The molecule has 0 radical (unpaired) electrons. The summed E-state index contributed by atoms with van der Waals surface area (Å²) in [6.45, 7) is 1.98. The minimum atomic E-state index is -0.478. The van der Waals surface area contributed by atoms with E-state index in [9.17, 15) is 9.18 Å². The Bertz CT molecular complexity index is 1390. The molecule has 0 aliphatic rings. The summed E-state index contributed by atoms with van der Waals surface area (Å²) in [7, 11) is 0. The molecule has 0 bridgehead atoms. The van der Waals surface area contributed by atoms with Crippen molar-refractivity contribution in [2.45, 2.75) is 6.92 Å². The molecule has 0 atom stereocenters. The van der Waals surface area contributed by atoms with Crippen LogP contribution in [0, 0.1) is 12.7 Å². The fourth-order valence-corrected chi connectivity index (χ4v) is 3.27. The van der Waals surface area contributed by atoms with Crippen molar-refractivity contribution in [3.05, 3.63) is 84.1 Å². The first-order valence-corrected chi connectivity index (χ1v) is 8.95. The molecule has 8 heteroatoms. The number of hydrogen-bond donors (Lipinski definition) is 1. The van der Waals surface area contributed by atoms with Gasteiger partial charge >= 0.3 is 0 Å². The summed E-state index contributed by atoms with van der Waals surface area (Å²) in [5, 5.41) is 6.95. The summed E-state index contributed by atoms with van der Waals surface area (Å²) in [5.74, 6) is -0.808. The van der Waals surface area contributed by atoms with Gasteiger partial charge in [0.15, 0.2) is 5.65 Å². The molecular formula is C21H15FN6O. The second-order valence-corrected chi connectivity index (χ2v) is 6.65. The van der Waals surface area contributed by atoms with Gasteiger partial charge in [-0.1, -0.05) is 18.2 Å². The van der Waals surface area contributed by atoms with Crippen LogP contribution in [0.3, 0.4) is 0 Å². The quantitative estimate of drug-likeness (QED) is 0.512. The number of benzene rings is 2. The molecule has 0 aliphatic carbocycles. The van der Waals surface area contributed by atoms with E-state index < -0.39 is 11.7 Å². The number of anilines is 1. The number of pyridine rings is 1. The number of aromatic nitrogens is 5. The average molecular weight is 386 g/mol. The van der Waals surface area contributed by atoms with E-state index in [4.69, 9.17) is 0 Å². The molecule has 1 N–H and O–H groups in total. The predicted molar refractivity (Wildman–Crippen MR) is 107 cm³/mol. The minimum absolute atomic E-state index is 0.145. The highest BCUT2D eigenvalue weighted by molar-refractivity contribution is 6.03. The van der Waals surface area contributed by atoms with Crippen molar-refractivity contribution in [3.8, 4) is 5.69 Å². The zero-order valence-corrected chi connectivity index (χ0v) is 15.4. The number of fused-ring (bicyclic) bond motifs is 2. The van der Waals surface area contributed by atoms with Crippen LogP contribution in [-0.2, 0) is 0 Å². The van der Waals surface area contributed by atoms with Gasteiger partial charge in [0, 0.05) is 5.56 Å². The maximum Gasteiger partial charge on any atom is 0.258 e. The van der Waals surface area contributed by atoms with E-state index in [2.05, 4.69) is 20.4 Å². The van der Waals surface area contributed by atoms with Crippen LogP contribution in [0.15, 0.2) is 67.1 Å². The molecule has 29 heavy (non-hydrogen) atoms. The predicted octanol–water partition coefficient (Wildman–Crippen LogP) is 3.77. The number of halogens is 1. The number of hydrogen-bond acceptors (Lipinski definition) is 4. The maximum atomic E-state index is 13.3. The van der Waals surface area contributed by atoms with Gasteiger partial charge in [0.1, 0.15) is 12.1 Å². The highest BCUT2D eigenvalue weighted by Gasteiger charge is 2.13. The van der Waals surface area contributed by atoms with Crippen molar-refractivity contribution in [3.63, 3.8) is 0 Å². The first-order valence-electron chi connectivity index (χ1n) is 8.95. The van der Waals surface area contributed by atoms with Crippen molar-refractivity contribution in [2.24, 2.45) is 0 Å². The van der Waals surface area contributed by atoms with Gasteiger partial charge in [0.25, 0.3) is 5.91 Å². The lowest BCUT2D eigenvalue weighted by Crippen LogP contribution is -2.13. The molecule has 3 aromatic heterocycles. The number of nitrogens with zero attached hydrogens (tertiary/aromatic N) is 5. The third-order valence-electron chi connectivity index (χ3n) is 4.68. The maximum absolute atomic E-state index is 13.3. The number of rotatable bonds is 3. The minimum Gasteiger partial charge on any atom is -0.297 e.